The molecule has 0 saturated heterocycles. The van der Waals surface area contributed by atoms with Gasteiger partial charge in [-0.15, -0.1) is 0 Å². The molecule has 0 spiro atoms. The molecule has 0 radical (unpaired) electrons. The molecule has 3 aromatic rings. The van der Waals surface area contributed by atoms with Crippen LogP contribution in [0.15, 0.2) is 42.6 Å². The van der Waals surface area contributed by atoms with Gasteiger partial charge in [-0.05, 0) is 30.7 Å². The van der Waals surface area contributed by atoms with Gasteiger partial charge in [-0.25, -0.2) is 4.98 Å². The third kappa shape index (κ3) is 1.90. The van der Waals surface area contributed by atoms with Crippen LogP contribution in [-0.2, 0) is 6.42 Å². The van der Waals surface area contributed by atoms with Crippen LogP contribution < -0.4 is 5.73 Å². The van der Waals surface area contributed by atoms with Crippen LogP contribution in [0.1, 0.15) is 11.3 Å². The summed E-state index contributed by atoms with van der Waals surface area (Å²) in [5.41, 5.74) is 11.2. The van der Waals surface area contributed by atoms with Crippen molar-refractivity contribution >= 4 is 11.3 Å². The second kappa shape index (κ2) is 4.71. The van der Waals surface area contributed by atoms with Crippen LogP contribution in [0.5, 0.6) is 0 Å². The van der Waals surface area contributed by atoms with Gasteiger partial charge < -0.3 is 10.1 Å². The minimum atomic E-state index is 0.324. The normalized spacial score (nSPS) is 10.6. The van der Waals surface area contributed by atoms with E-state index in [0.29, 0.717) is 6.42 Å². The summed E-state index contributed by atoms with van der Waals surface area (Å²) < 4.78 is 1.99. The van der Waals surface area contributed by atoms with Crippen molar-refractivity contribution in [1.29, 1.82) is 5.26 Å². The van der Waals surface area contributed by atoms with Crippen LogP contribution in [0.3, 0.4) is 0 Å². The minimum Gasteiger partial charge on any atom is -0.399 e. The van der Waals surface area contributed by atoms with Crippen LogP contribution in [0.2, 0.25) is 0 Å². The predicted octanol–water partition coefficient (Wildman–Crippen LogP) is 2.96. The smallest absolute Gasteiger partial charge is 0.140 e. The maximum atomic E-state index is 9.07. The lowest BCUT2D eigenvalue weighted by Crippen LogP contribution is -1.94. The van der Waals surface area contributed by atoms with E-state index >= 15 is 0 Å². The Morgan fingerprint density at radius 3 is 2.70 bits per heavy atom. The summed E-state index contributed by atoms with van der Waals surface area (Å²) in [6.07, 6.45) is 2.27. The lowest BCUT2D eigenvalue weighted by molar-refractivity contribution is 1.05. The van der Waals surface area contributed by atoms with Crippen LogP contribution in [0, 0.1) is 18.3 Å². The van der Waals surface area contributed by atoms with Gasteiger partial charge in [0.1, 0.15) is 5.65 Å². The number of pyridine rings is 1. The highest BCUT2D eigenvalue weighted by molar-refractivity contribution is 5.69. The third-order valence-corrected chi connectivity index (χ3v) is 3.37. The number of hydrogen-bond acceptors (Lipinski definition) is 3. The first-order chi connectivity index (χ1) is 9.70. The van der Waals surface area contributed by atoms with Crippen molar-refractivity contribution in [3.63, 3.8) is 0 Å². The highest BCUT2D eigenvalue weighted by atomic mass is 15.0. The van der Waals surface area contributed by atoms with Crippen LogP contribution in [-0.4, -0.2) is 9.38 Å². The van der Waals surface area contributed by atoms with Crippen molar-refractivity contribution in [3.05, 3.63) is 53.9 Å². The third-order valence-electron chi connectivity index (χ3n) is 3.37. The number of nitrogens with zero attached hydrogens (tertiary/aromatic N) is 3. The molecule has 0 aliphatic carbocycles. The Labute approximate surface area is 117 Å². The Balaban J connectivity index is 2.29. The summed E-state index contributed by atoms with van der Waals surface area (Å²) in [6.45, 7) is 2.02. The van der Waals surface area contributed by atoms with E-state index < -0.39 is 0 Å². The first kappa shape index (κ1) is 12.2. The molecule has 2 aromatic heterocycles. The quantitative estimate of drug-likeness (QED) is 0.722. The van der Waals surface area contributed by atoms with Crippen molar-refractivity contribution in [2.45, 2.75) is 13.3 Å². The molecule has 2 heterocycles. The van der Waals surface area contributed by atoms with Crippen LogP contribution in [0.25, 0.3) is 16.9 Å². The fraction of sp³-hybridized carbons (Fsp3) is 0.125. The highest BCUT2D eigenvalue weighted by Gasteiger charge is 2.14. The SMILES string of the molecule is Cc1cccn2c(CC#N)c(-c3ccc(N)cc3)nc12. The first-order valence-electron chi connectivity index (χ1n) is 6.40. The number of aromatic nitrogens is 2. The number of aryl methyl sites for hydroxylation is 1. The van der Waals surface area contributed by atoms with Gasteiger partial charge >= 0.3 is 0 Å². The molecule has 0 amide bonds. The van der Waals surface area contributed by atoms with Gasteiger partial charge in [0.05, 0.1) is 23.9 Å². The van der Waals surface area contributed by atoms with Crippen molar-refractivity contribution in [3.8, 4) is 17.3 Å². The minimum absolute atomic E-state index is 0.324. The summed E-state index contributed by atoms with van der Waals surface area (Å²) in [4.78, 5) is 4.70. The van der Waals surface area contributed by atoms with Gasteiger partial charge in [-0.1, -0.05) is 18.2 Å². The summed E-state index contributed by atoms with van der Waals surface area (Å²) in [6, 6.07) is 13.8. The second-order valence-corrected chi connectivity index (χ2v) is 4.75. The van der Waals surface area contributed by atoms with Crippen molar-refractivity contribution < 1.29 is 0 Å². The topological polar surface area (TPSA) is 67.1 Å². The summed E-state index contributed by atoms with van der Waals surface area (Å²) in [7, 11) is 0. The van der Waals surface area contributed by atoms with Gasteiger partial charge in [0.2, 0.25) is 0 Å². The molecule has 3 rings (SSSR count). The molecule has 0 unspecified atom stereocenters. The Morgan fingerprint density at radius 2 is 2.00 bits per heavy atom. The maximum Gasteiger partial charge on any atom is 0.140 e. The van der Waals surface area contributed by atoms with E-state index in [0.717, 1.165) is 33.8 Å². The van der Waals surface area contributed by atoms with Crippen molar-refractivity contribution in [2.24, 2.45) is 0 Å². The van der Waals surface area contributed by atoms with Crippen LogP contribution >= 0.6 is 0 Å². The number of hydrogen-bond donors (Lipinski definition) is 1. The molecule has 2 N–H and O–H groups in total. The average molecular weight is 262 g/mol. The van der Waals surface area contributed by atoms with E-state index in [1.54, 1.807) is 0 Å². The molecule has 4 nitrogen and oxygen atoms in total. The number of rotatable bonds is 2. The Bertz CT molecular complexity index is 807. The lowest BCUT2D eigenvalue weighted by Gasteiger charge is -2.02. The zero-order valence-electron chi connectivity index (χ0n) is 11.2. The number of imidazole rings is 1. The van der Waals surface area contributed by atoms with Crippen molar-refractivity contribution in [1.82, 2.24) is 9.38 Å². The van der Waals surface area contributed by atoms with E-state index in [2.05, 4.69) is 6.07 Å². The largest absolute Gasteiger partial charge is 0.399 e. The molecular formula is C16H14N4. The van der Waals surface area contributed by atoms with E-state index in [-0.39, 0.29) is 0 Å². The van der Waals surface area contributed by atoms with Gasteiger partial charge in [-0.3, -0.25) is 0 Å². The molecule has 0 atom stereocenters. The number of benzene rings is 1. The summed E-state index contributed by atoms with van der Waals surface area (Å²) in [5.74, 6) is 0. The fourth-order valence-corrected chi connectivity index (χ4v) is 2.37. The molecule has 0 aliphatic heterocycles. The molecule has 0 bridgehead atoms. The number of nitrogens with two attached hydrogens (primary N) is 1. The summed E-state index contributed by atoms with van der Waals surface area (Å²) in [5, 5.41) is 9.07. The number of nitrogen functional groups attached to an aromatic ring is 1. The van der Waals surface area contributed by atoms with E-state index in [1.165, 1.54) is 0 Å². The lowest BCUT2D eigenvalue weighted by atomic mass is 10.1. The monoisotopic (exact) mass is 262 g/mol. The summed E-state index contributed by atoms with van der Waals surface area (Å²) >= 11 is 0. The molecule has 98 valence electrons. The first-order valence-corrected chi connectivity index (χ1v) is 6.40. The molecule has 20 heavy (non-hydrogen) atoms. The Morgan fingerprint density at radius 1 is 1.25 bits per heavy atom. The zero-order valence-corrected chi connectivity index (χ0v) is 11.2. The standard InChI is InChI=1S/C16H14N4/c1-11-3-2-10-20-14(8-9-17)15(19-16(11)20)12-4-6-13(18)7-5-12/h2-7,10H,8,18H2,1H3. The van der Waals surface area contributed by atoms with Crippen molar-refractivity contribution in [2.75, 3.05) is 5.73 Å². The zero-order chi connectivity index (χ0) is 14.1. The van der Waals surface area contributed by atoms with Gasteiger partial charge in [0.15, 0.2) is 0 Å². The molecule has 0 fully saturated rings. The number of nitriles is 1. The highest BCUT2D eigenvalue weighted by Crippen LogP contribution is 2.26. The Hall–Kier alpha value is -2.80. The van der Waals surface area contributed by atoms with E-state index in [1.807, 2.05) is 53.9 Å². The molecule has 4 heteroatoms. The predicted molar refractivity (Wildman–Crippen MR) is 79.1 cm³/mol. The molecule has 0 aliphatic rings. The Kier molecular flexibility index (Phi) is 2.88. The van der Waals surface area contributed by atoms with E-state index in [9.17, 15) is 0 Å². The second-order valence-electron chi connectivity index (χ2n) is 4.75. The fourth-order valence-electron chi connectivity index (χ4n) is 2.37. The molecule has 1 aromatic carbocycles. The average Bonchev–Trinajstić information content (AvgIpc) is 2.81. The number of fused-ring (bicyclic) bond motifs is 1. The van der Waals surface area contributed by atoms with Gasteiger partial charge in [0.25, 0.3) is 0 Å². The van der Waals surface area contributed by atoms with Crippen LogP contribution in [0.4, 0.5) is 5.69 Å². The molecular weight excluding hydrogens is 248 g/mol. The van der Waals surface area contributed by atoms with Gasteiger partial charge in [-0.2, -0.15) is 5.26 Å². The maximum absolute atomic E-state index is 9.07. The molecule has 0 saturated carbocycles. The van der Waals surface area contributed by atoms with Gasteiger partial charge in [0, 0.05) is 17.4 Å². The number of anilines is 1. The van der Waals surface area contributed by atoms with E-state index in [4.69, 9.17) is 16.0 Å².